The molecule has 4 N–H and O–H groups in total. The maximum absolute atomic E-state index is 10.1. The third kappa shape index (κ3) is 2.86. The first-order chi connectivity index (χ1) is 15.0. The van der Waals surface area contributed by atoms with E-state index in [1.165, 1.54) is 0 Å². The van der Waals surface area contributed by atoms with E-state index in [1.54, 1.807) is 4.68 Å². The number of halogens is 1. The molecule has 6 rings (SSSR count). The van der Waals surface area contributed by atoms with Gasteiger partial charge < -0.3 is 20.7 Å². The van der Waals surface area contributed by atoms with Crippen LogP contribution in [0.2, 0.25) is 5.02 Å². The monoisotopic (exact) mass is 437 g/mol. The number of nitrogens with two attached hydrogens (primary N) is 1. The zero-order chi connectivity index (χ0) is 21.3. The molecular weight excluding hydrogens is 414 g/mol. The number of nitrogens with zero attached hydrogens (tertiary/aromatic N) is 5. The van der Waals surface area contributed by atoms with Gasteiger partial charge in [-0.25, -0.2) is 9.97 Å². The van der Waals surface area contributed by atoms with Crippen molar-refractivity contribution >= 4 is 39.5 Å². The van der Waals surface area contributed by atoms with Crippen molar-refractivity contribution in [3.8, 4) is 11.1 Å². The van der Waals surface area contributed by atoms with E-state index in [0.29, 0.717) is 34.0 Å². The number of aromatic nitrogens is 5. The van der Waals surface area contributed by atoms with Gasteiger partial charge in [0.25, 0.3) is 0 Å². The lowest BCUT2D eigenvalue weighted by Crippen LogP contribution is -2.48. The van der Waals surface area contributed by atoms with Crippen LogP contribution in [0.5, 0.6) is 0 Å². The Morgan fingerprint density at radius 1 is 1.19 bits per heavy atom. The molecular formula is C22H24ClN7O. The summed E-state index contributed by atoms with van der Waals surface area (Å²) in [6.45, 7) is -0.166. The zero-order valence-corrected chi connectivity index (χ0v) is 18.0. The number of aromatic amines is 1. The molecule has 2 fully saturated rings. The first-order valence-corrected chi connectivity index (χ1v) is 11.1. The Labute approximate surface area is 184 Å². The number of aliphatic hydroxyl groups excluding tert-OH is 1. The second-order valence-corrected chi connectivity index (χ2v) is 9.12. The molecule has 31 heavy (non-hydrogen) atoms. The minimum atomic E-state index is -0.166. The first kappa shape index (κ1) is 19.0. The van der Waals surface area contributed by atoms with Crippen molar-refractivity contribution in [3.63, 3.8) is 0 Å². The number of fused-ring (bicyclic) bond motifs is 4. The van der Waals surface area contributed by atoms with Gasteiger partial charge in [-0.3, -0.25) is 4.68 Å². The molecule has 0 aliphatic carbocycles. The highest BCUT2D eigenvalue weighted by molar-refractivity contribution is 6.38. The number of benzene rings is 1. The summed E-state index contributed by atoms with van der Waals surface area (Å²) >= 11 is 6.75. The van der Waals surface area contributed by atoms with Crippen molar-refractivity contribution in [1.29, 1.82) is 0 Å². The number of nitrogens with one attached hydrogen (secondary N) is 1. The molecule has 0 amide bonds. The van der Waals surface area contributed by atoms with Crippen molar-refractivity contribution in [2.75, 3.05) is 4.90 Å². The lowest BCUT2D eigenvalue weighted by molar-refractivity contribution is 0.276. The van der Waals surface area contributed by atoms with E-state index in [4.69, 9.17) is 27.3 Å². The Balaban J connectivity index is 1.49. The van der Waals surface area contributed by atoms with Crippen LogP contribution < -0.4 is 10.6 Å². The molecule has 3 atom stereocenters. The fourth-order valence-electron chi connectivity index (χ4n) is 5.43. The average molecular weight is 438 g/mol. The summed E-state index contributed by atoms with van der Waals surface area (Å²) in [7, 11) is 1.88. The second-order valence-electron chi connectivity index (χ2n) is 8.74. The third-order valence-corrected chi connectivity index (χ3v) is 7.15. The second kappa shape index (κ2) is 6.91. The standard InChI is InChI=1S/C22H24ClN7O/c1-29-9-16-17(28-29)5-4-14(19(16)23)15-8-25-21-20(15)26-18(10-31)22(27-21)30-12-2-3-13(30)7-11(24)6-12/h4-5,8-9,11-13,31H,2-3,6-7,10,24H2,1H3,(H,25,27)/t11-,12+,13-. The molecule has 2 saturated heterocycles. The Morgan fingerprint density at radius 3 is 2.71 bits per heavy atom. The lowest BCUT2D eigenvalue weighted by Gasteiger charge is -2.39. The molecule has 2 bridgehead atoms. The Morgan fingerprint density at radius 2 is 1.97 bits per heavy atom. The van der Waals surface area contributed by atoms with Crippen molar-refractivity contribution < 1.29 is 5.11 Å². The van der Waals surface area contributed by atoms with Crippen LogP contribution in [0, 0.1) is 0 Å². The molecule has 2 aliphatic heterocycles. The molecule has 0 radical (unpaired) electrons. The van der Waals surface area contributed by atoms with Crippen LogP contribution in [-0.2, 0) is 13.7 Å². The van der Waals surface area contributed by atoms with E-state index >= 15 is 0 Å². The molecule has 4 aromatic rings. The highest BCUT2D eigenvalue weighted by Gasteiger charge is 2.41. The predicted octanol–water partition coefficient (Wildman–Crippen LogP) is 3.12. The van der Waals surface area contributed by atoms with Gasteiger partial charge in [0.05, 0.1) is 17.1 Å². The van der Waals surface area contributed by atoms with E-state index in [0.717, 1.165) is 53.5 Å². The number of H-pyrrole nitrogens is 1. The Bertz CT molecular complexity index is 1300. The fourth-order valence-corrected chi connectivity index (χ4v) is 5.74. The predicted molar refractivity (Wildman–Crippen MR) is 121 cm³/mol. The number of piperidine rings is 1. The normalized spacial score (nSPS) is 23.4. The van der Waals surface area contributed by atoms with E-state index in [2.05, 4.69) is 15.0 Å². The third-order valence-electron chi connectivity index (χ3n) is 6.75. The van der Waals surface area contributed by atoms with Crippen molar-refractivity contribution in [2.24, 2.45) is 12.8 Å². The minimum absolute atomic E-state index is 0.166. The number of aliphatic hydroxyl groups is 1. The van der Waals surface area contributed by atoms with Crippen LogP contribution in [0.15, 0.2) is 24.5 Å². The van der Waals surface area contributed by atoms with Crippen LogP contribution in [0.25, 0.3) is 33.2 Å². The Kier molecular flexibility index (Phi) is 4.25. The molecule has 0 saturated carbocycles. The molecule has 8 nitrogen and oxygen atoms in total. The highest BCUT2D eigenvalue weighted by Crippen LogP contribution is 2.41. The van der Waals surface area contributed by atoms with Crippen molar-refractivity contribution in [2.45, 2.75) is 50.4 Å². The smallest absolute Gasteiger partial charge is 0.159 e. The van der Waals surface area contributed by atoms with Gasteiger partial charge in [-0.1, -0.05) is 17.7 Å². The largest absolute Gasteiger partial charge is 0.390 e. The molecule has 0 spiro atoms. The van der Waals surface area contributed by atoms with E-state index in [-0.39, 0.29) is 12.6 Å². The van der Waals surface area contributed by atoms with Crippen LogP contribution >= 0.6 is 11.6 Å². The summed E-state index contributed by atoms with van der Waals surface area (Å²) in [6.07, 6.45) is 7.93. The van der Waals surface area contributed by atoms with E-state index in [9.17, 15) is 5.11 Å². The molecule has 3 aromatic heterocycles. The maximum atomic E-state index is 10.1. The summed E-state index contributed by atoms with van der Waals surface area (Å²) in [6, 6.07) is 4.88. The fraction of sp³-hybridized carbons (Fsp3) is 0.409. The molecule has 0 unspecified atom stereocenters. The first-order valence-electron chi connectivity index (χ1n) is 10.7. The molecule has 2 aliphatic rings. The van der Waals surface area contributed by atoms with Crippen LogP contribution in [0.4, 0.5) is 5.82 Å². The van der Waals surface area contributed by atoms with E-state index in [1.807, 2.05) is 31.6 Å². The van der Waals surface area contributed by atoms with Gasteiger partial charge in [-0.2, -0.15) is 5.10 Å². The molecule has 5 heterocycles. The van der Waals surface area contributed by atoms with Crippen LogP contribution in [0.1, 0.15) is 31.4 Å². The van der Waals surface area contributed by atoms with Crippen molar-refractivity contribution in [3.05, 3.63) is 35.2 Å². The SMILES string of the molecule is Cn1cc2c(Cl)c(-c3c[nH]c4nc(N5[C@@H]6CC[C@H]5C[C@@H](N)C6)c(CO)nc34)ccc2n1. The Hall–Kier alpha value is -2.68. The topological polar surface area (TPSA) is 109 Å². The van der Waals surface area contributed by atoms with Gasteiger partial charge in [0.2, 0.25) is 0 Å². The van der Waals surface area contributed by atoms with E-state index < -0.39 is 0 Å². The van der Waals surface area contributed by atoms with Gasteiger partial charge in [-0.15, -0.1) is 0 Å². The highest BCUT2D eigenvalue weighted by atomic mass is 35.5. The average Bonchev–Trinajstić information content (AvgIpc) is 3.41. The summed E-state index contributed by atoms with van der Waals surface area (Å²) in [5.74, 6) is 0.775. The quantitative estimate of drug-likeness (QED) is 0.454. The van der Waals surface area contributed by atoms with Crippen molar-refractivity contribution in [1.82, 2.24) is 24.7 Å². The summed E-state index contributed by atoms with van der Waals surface area (Å²) in [5.41, 5.74) is 10.8. The van der Waals surface area contributed by atoms with Gasteiger partial charge in [0.15, 0.2) is 11.5 Å². The zero-order valence-electron chi connectivity index (χ0n) is 17.2. The summed E-state index contributed by atoms with van der Waals surface area (Å²) in [4.78, 5) is 15.4. The van der Waals surface area contributed by atoms with Gasteiger partial charge in [0.1, 0.15) is 11.2 Å². The summed E-state index contributed by atoms with van der Waals surface area (Å²) < 4.78 is 1.75. The number of hydrogen-bond donors (Lipinski definition) is 3. The summed E-state index contributed by atoms with van der Waals surface area (Å²) in [5, 5.41) is 16.1. The lowest BCUT2D eigenvalue weighted by atomic mass is 9.98. The number of rotatable bonds is 3. The number of anilines is 1. The number of aryl methyl sites for hydroxylation is 1. The molecule has 160 valence electrons. The maximum Gasteiger partial charge on any atom is 0.159 e. The minimum Gasteiger partial charge on any atom is -0.390 e. The van der Waals surface area contributed by atoms with Gasteiger partial charge in [0, 0.05) is 54.1 Å². The van der Waals surface area contributed by atoms with Gasteiger partial charge >= 0.3 is 0 Å². The number of hydrogen-bond acceptors (Lipinski definition) is 6. The van der Waals surface area contributed by atoms with Crippen LogP contribution in [-0.4, -0.2) is 48.0 Å². The molecule has 1 aromatic carbocycles. The van der Waals surface area contributed by atoms with Gasteiger partial charge in [-0.05, 0) is 31.7 Å². The molecule has 9 heteroatoms. The van der Waals surface area contributed by atoms with Crippen LogP contribution in [0.3, 0.4) is 0 Å².